The summed E-state index contributed by atoms with van der Waals surface area (Å²) in [7, 11) is 0. The third-order valence-electron chi connectivity index (χ3n) is 6.01. The predicted octanol–water partition coefficient (Wildman–Crippen LogP) is 2.26. The fourth-order valence-electron chi connectivity index (χ4n) is 4.19. The fraction of sp³-hybridized carbons (Fsp3) is 0.435. The van der Waals surface area contributed by atoms with Gasteiger partial charge in [-0.05, 0) is 50.1 Å². The van der Waals surface area contributed by atoms with Crippen LogP contribution in [-0.4, -0.2) is 77.4 Å². The summed E-state index contributed by atoms with van der Waals surface area (Å²) in [5.41, 5.74) is 1.42. The van der Waals surface area contributed by atoms with E-state index >= 15 is 0 Å². The molecule has 174 valence electrons. The van der Waals surface area contributed by atoms with E-state index in [-0.39, 0.29) is 24.1 Å². The number of hydrogen-bond donors (Lipinski definition) is 0. The lowest BCUT2D eigenvalue weighted by atomic mass is 10.1. The quantitative estimate of drug-likeness (QED) is 0.272. The standard InChI is InChI=1S/C23H27N5O5/c1-17-6-7-18-20(15-17)33-16-21(29)27(23(18)30)10-3-2-9-25-11-13-26(14-12-25)22-19(28(31)32)5-4-8-24-22/h4-8,15H,2-3,9-14,16H2,1H3. The van der Waals surface area contributed by atoms with Crippen LogP contribution in [0.25, 0.3) is 0 Å². The first-order valence-electron chi connectivity index (χ1n) is 11.1. The minimum Gasteiger partial charge on any atom is -0.483 e. The Morgan fingerprint density at radius 1 is 1.09 bits per heavy atom. The SMILES string of the molecule is Cc1ccc2c(c1)OCC(=O)N(CCCCN1CCN(c3ncccc3[N+](=O)[O-])CC1)C2=O. The van der Waals surface area contributed by atoms with Gasteiger partial charge in [-0.2, -0.15) is 0 Å². The second kappa shape index (κ2) is 9.95. The van der Waals surface area contributed by atoms with E-state index in [1.807, 2.05) is 17.9 Å². The van der Waals surface area contributed by atoms with Crippen LogP contribution in [0.5, 0.6) is 5.75 Å². The number of aromatic nitrogens is 1. The van der Waals surface area contributed by atoms with Crippen molar-refractivity contribution in [1.29, 1.82) is 0 Å². The average molecular weight is 453 g/mol. The number of carbonyl (C=O) groups excluding carboxylic acids is 2. The molecule has 0 atom stereocenters. The van der Waals surface area contributed by atoms with E-state index < -0.39 is 4.92 Å². The number of aryl methyl sites for hydroxylation is 1. The second-order valence-electron chi connectivity index (χ2n) is 8.28. The van der Waals surface area contributed by atoms with Gasteiger partial charge in [-0.1, -0.05) is 6.07 Å². The zero-order valence-corrected chi connectivity index (χ0v) is 18.6. The molecule has 2 amide bonds. The second-order valence-corrected chi connectivity index (χ2v) is 8.28. The lowest BCUT2D eigenvalue weighted by molar-refractivity contribution is -0.384. The summed E-state index contributed by atoms with van der Waals surface area (Å²) in [5.74, 6) is 0.248. The molecule has 33 heavy (non-hydrogen) atoms. The first kappa shape index (κ1) is 22.7. The number of hydrogen-bond acceptors (Lipinski definition) is 8. The van der Waals surface area contributed by atoms with Gasteiger partial charge >= 0.3 is 5.69 Å². The van der Waals surface area contributed by atoms with Gasteiger partial charge in [-0.15, -0.1) is 0 Å². The molecule has 0 bridgehead atoms. The number of carbonyl (C=O) groups is 2. The van der Waals surface area contributed by atoms with Gasteiger partial charge in [0.2, 0.25) is 5.82 Å². The number of benzene rings is 1. The van der Waals surface area contributed by atoms with Crippen LogP contribution < -0.4 is 9.64 Å². The molecule has 1 aromatic heterocycles. The summed E-state index contributed by atoms with van der Waals surface area (Å²) >= 11 is 0. The van der Waals surface area contributed by atoms with Gasteiger partial charge < -0.3 is 9.64 Å². The van der Waals surface area contributed by atoms with Crippen molar-refractivity contribution in [2.75, 3.05) is 50.8 Å². The smallest absolute Gasteiger partial charge is 0.311 e. The van der Waals surface area contributed by atoms with E-state index in [1.165, 1.54) is 11.0 Å². The maximum absolute atomic E-state index is 12.9. The lowest BCUT2D eigenvalue weighted by Crippen LogP contribution is -2.47. The Bertz CT molecular complexity index is 1050. The fourth-order valence-corrected chi connectivity index (χ4v) is 4.19. The van der Waals surface area contributed by atoms with Crippen LogP contribution in [0.15, 0.2) is 36.5 Å². The highest BCUT2D eigenvalue weighted by molar-refractivity contribution is 6.07. The van der Waals surface area contributed by atoms with Crippen LogP contribution in [0.3, 0.4) is 0 Å². The highest BCUT2D eigenvalue weighted by Crippen LogP contribution is 2.26. The number of amides is 2. The highest BCUT2D eigenvalue weighted by Gasteiger charge is 2.29. The summed E-state index contributed by atoms with van der Waals surface area (Å²) in [4.78, 5) is 45.9. The Morgan fingerprint density at radius 3 is 2.61 bits per heavy atom. The van der Waals surface area contributed by atoms with Crippen molar-refractivity contribution in [3.05, 3.63) is 57.8 Å². The number of fused-ring (bicyclic) bond motifs is 1. The first-order valence-corrected chi connectivity index (χ1v) is 11.1. The molecule has 0 N–H and O–H groups in total. The molecule has 0 aliphatic carbocycles. The van der Waals surface area contributed by atoms with E-state index in [9.17, 15) is 19.7 Å². The number of ether oxygens (including phenoxy) is 1. The molecule has 1 aromatic carbocycles. The van der Waals surface area contributed by atoms with Crippen LogP contribution >= 0.6 is 0 Å². The van der Waals surface area contributed by atoms with Gasteiger partial charge in [-0.25, -0.2) is 4.98 Å². The molecular weight excluding hydrogens is 426 g/mol. The Hall–Kier alpha value is -3.53. The summed E-state index contributed by atoms with van der Waals surface area (Å²) in [6.07, 6.45) is 3.11. The molecule has 2 aliphatic heterocycles. The van der Waals surface area contributed by atoms with Crippen LogP contribution in [0, 0.1) is 17.0 Å². The Labute approximate surface area is 191 Å². The van der Waals surface area contributed by atoms with Gasteiger partial charge in [-0.3, -0.25) is 29.5 Å². The van der Waals surface area contributed by atoms with Crippen LogP contribution in [0.4, 0.5) is 11.5 Å². The Balaban J connectivity index is 1.25. The third kappa shape index (κ3) is 5.11. The van der Waals surface area contributed by atoms with Crippen LogP contribution in [-0.2, 0) is 4.79 Å². The maximum atomic E-state index is 12.9. The average Bonchev–Trinajstić information content (AvgIpc) is 2.93. The summed E-state index contributed by atoms with van der Waals surface area (Å²) in [6, 6.07) is 8.38. The number of pyridine rings is 1. The first-order chi connectivity index (χ1) is 15.9. The van der Waals surface area contributed by atoms with Gasteiger partial charge in [0.15, 0.2) is 6.61 Å². The zero-order chi connectivity index (χ0) is 23.4. The molecule has 10 heteroatoms. The third-order valence-corrected chi connectivity index (χ3v) is 6.01. The topological polar surface area (TPSA) is 109 Å². The normalized spacial score (nSPS) is 16.9. The molecule has 1 saturated heterocycles. The summed E-state index contributed by atoms with van der Waals surface area (Å²) in [6.45, 7) is 5.84. The minimum atomic E-state index is -0.398. The van der Waals surface area contributed by atoms with E-state index in [4.69, 9.17) is 4.74 Å². The highest BCUT2D eigenvalue weighted by atomic mass is 16.6. The molecule has 3 heterocycles. The van der Waals surface area contributed by atoms with Crippen molar-refractivity contribution < 1.29 is 19.2 Å². The molecule has 2 aromatic rings. The van der Waals surface area contributed by atoms with E-state index in [1.54, 1.807) is 24.4 Å². The van der Waals surface area contributed by atoms with E-state index in [0.717, 1.165) is 31.6 Å². The molecule has 0 unspecified atom stereocenters. The van der Waals surface area contributed by atoms with Crippen LogP contribution in [0.2, 0.25) is 0 Å². The number of nitro groups is 1. The van der Waals surface area contributed by atoms with Gasteiger partial charge in [0.05, 0.1) is 10.5 Å². The van der Waals surface area contributed by atoms with Crippen molar-refractivity contribution in [2.24, 2.45) is 0 Å². The zero-order valence-electron chi connectivity index (χ0n) is 18.6. The Kier molecular flexibility index (Phi) is 6.83. The predicted molar refractivity (Wildman–Crippen MR) is 121 cm³/mol. The van der Waals surface area contributed by atoms with Crippen molar-refractivity contribution in [1.82, 2.24) is 14.8 Å². The number of nitrogens with zero attached hydrogens (tertiary/aromatic N) is 5. The monoisotopic (exact) mass is 453 g/mol. The van der Waals surface area contributed by atoms with Crippen molar-refractivity contribution in [3.8, 4) is 5.75 Å². The summed E-state index contributed by atoms with van der Waals surface area (Å²) < 4.78 is 5.54. The Morgan fingerprint density at radius 2 is 1.85 bits per heavy atom. The van der Waals surface area contributed by atoms with E-state index in [2.05, 4.69) is 9.88 Å². The lowest BCUT2D eigenvalue weighted by Gasteiger charge is -2.35. The maximum Gasteiger partial charge on any atom is 0.311 e. The molecule has 1 fully saturated rings. The number of anilines is 1. The number of rotatable bonds is 7. The molecule has 0 spiro atoms. The van der Waals surface area contributed by atoms with Gasteiger partial charge in [0.1, 0.15) is 5.75 Å². The number of imide groups is 1. The van der Waals surface area contributed by atoms with Crippen LogP contribution in [0.1, 0.15) is 28.8 Å². The summed E-state index contributed by atoms with van der Waals surface area (Å²) in [5, 5.41) is 11.3. The number of piperazine rings is 1. The molecule has 4 rings (SSSR count). The molecule has 0 radical (unpaired) electrons. The minimum absolute atomic E-state index is 0.0263. The largest absolute Gasteiger partial charge is 0.483 e. The molecule has 0 saturated carbocycles. The van der Waals surface area contributed by atoms with E-state index in [0.29, 0.717) is 43.2 Å². The van der Waals surface area contributed by atoms with Crippen molar-refractivity contribution in [3.63, 3.8) is 0 Å². The van der Waals surface area contributed by atoms with Gasteiger partial charge in [0, 0.05) is 45.0 Å². The molecule has 10 nitrogen and oxygen atoms in total. The van der Waals surface area contributed by atoms with Gasteiger partial charge in [0.25, 0.3) is 11.8 Å². The van der Waals surface area contributed by atoms with Crippen molar-refractivity contribution >= 4 is 23.3 Å². The molecule has 2 aliphatic rings. The molecular formula is C23H27N5O5. The number of unbranched alkanes of at least 4 members (excludes halogenated alkanes) is 1. The van der Waals surface area contributed by atoms with Crippen molar-refractivity contribution in [2.45, 2.75) is 19.8 Å².